The Balaban J connectivity index is 1.69. The van der Waals surface area contributed by atoms with Gasteiger partial charge in [-0.15, -0.1) is 11.8 Å². The molecule has 0 aliphatic heterocycles. The summed E-state index contributed by atoms with van der Waals surface area (Å²) in [7, 11) is 0. The largest absolute Gasteiger partial charge is 0.484 e. The maximum atomic E-state index is 11.8. The van der Waals surface area contributed by atoms with Crippen molar-refractivity contribution in [2.24, 2.45) is 0 Å². The van der Waals surface area contributed by atoms with Gasteiger partial charge in [0.25, 0.3) is 11.6 Å². The van der Waals surface area contributed by atoms with Crippen LogP contribution in [-0.4, -0.2) is 29.7 Å². The molecule has 2 aromatic carbocycles. The Morgan fingerprint density at radius 3 is 2.64 bits per heavy atom. The van der Waals surface area contributed by atoms with Crippen LogP contribution in [0.3, 0.4) is 0 Å². The van der Waals surface area contributed by atoms with Crippen molar-refractivity contribution in [1.82, 2.24) is 5.32 Å². The van der Waals surface area contributed by atoms with Gasteiger partial charge in [-0.3, -0.25) is 14.9 Å². The highest BCUT2D eigenvalue weighted by molar-refractivity contribution is 7.99. The molecule has 0 fully saturated rings. The third-order valence-corrected chi connectivity index (χ3v) is 4.51. The molecule has 0 bridgehead atoms. The number of nitro benzene ring substituents is 1. The third kappa shape index (κ3) is 6.28. The summed E-state index contributed by atoms with van der Waals surface area (Å²) in [6.45, 7) is 2.00. The number of nitrogens with zero attached hydrogens (tertiary/aromatic N) is 1. The number of hydrogen-bond donors (Lipinski definition) is 1. The van der Waals surface area contributed by atoms with Crippen LogP contribution in [0.5, 0.6) is 5.75 Å². The second-order valence-electron chi connectivity index (χ2n) is 5.15. The van der Waals surface area contributed by atoms with Crippen molar-refractivity contribution in [2.45, 2.75) is 11.8 Å². The van der Waals surface area contributed by atoms with Crippen molar-refractivity contribution < 1.29 is 14.5 Å². The second kappa shape index (κ2) is 9.29. The summed E-state index contributed by atoms with van der Waals surface area (Å²) < 4.78 is 5.36. The number of ether oxygens (including phenoxy) is 1. The lowest BCUT2D eigenvalue weighted by Crippen LogP contribution is -2.30. The molecule has 0 aliphatic carbocycles. The Kier molecular flexibility index (Phi) is 7.09. The van der Waals surface area contributed by atoms with E-state index in [1.54, 1.807) is 24.8 Å². The molecule has 0 aliphatic rings. The van der Waals surface area contributed by atoms with E-state index in [0.29, 0.717) is 22.9 Å². The topological polar surface area (TPSA) is 81.5 Å². The fourth-order valence-electron chi connectivity index (χ4n) is 2.01. The zero-order valence-corrected chi connectivity index (χ0v) is 15.1. The van der Waals surface area contributed by atoms with Crippen LogP contribution in [0.1, 0.15) is 5.56 Å². The molecule has 2 aromatic rings. The highest BCUT2D eigenvalue weighted by Crippen LogP contribution is 2.23. The average molecular weight is 381 g/mol. The summed E-state index contributed by atoms with van der Waals surface area (Å²) >= 11 is 7.43. The Labute approximate surface area is 154 Å². The van der Waals surface area contributed by atoms with Gasteiger partial charge in [-0.2, -0.15) is 0 Å². The van der Waals surface area contributed by atoms with Gasteiger partial charge >= 0.3 is 0 Å². The standard InChI is InChI=1S/C17H17ClN2O4S/c1-12-10-14(4-7-16(12)20(22)23)24-11-17(21)19-8-9-25-15-5-2-13(18)3-6-15/h2-7,10H,8-9,11H2,1H3,(H,19,21). The summed E-state index contributed by atoms with van der Waals surface area (Å²) in [6.07, 6.45) is 0. The van der Waals surface area contributed by atoms with Crippen LogP contribution in [0.25, 0.3) is 0 Å². The van der Waals surface area contributed by atoms with Crippen LogP contribution in [0, 0.1) is 17.0 Å². The van der Waals surface area contributed by atoms with E-state index in [2.05, 4.69) is 5.32 Å². The molecule has 6 nitrogen and oxygen atoms in total. The molecule has 0 spiro atoms. The zero-order chi connectivity index (χ0) is 18.2. The zero-order valence-electron chi connectivity index (χ0n) is 13.5. The van der Waals surface area contributed by atoms with Crippen LogP contribution in [-0.2, 0) is 4.79 Å². The molecule has 0 atom stereocenters. The minimum atomic E-state index is -0.454. The summed E-state index contributed by atoms with van der Waals surface area (Å²) in [6, 6.07) is 11.9. The SMILES string of the molecule is Cc1cc(OCC(=O)NCCSc2ccc(Cl)cc2)ccc1[N+](=O)[O-]. The summed E-state index contributed by atoms with van der Waals surface area (Å²) in [5, 5.41) is 14.2. The first kappa shape index (κ1) is 19.1. The summed E-state index contributed by atoms with van der Waals surface area (Å²) in [4.78, 5) is 23.1. The van der Waals surface area contributed by atoms with E-state index in [4.69, 9.17) is 16.3 Å². The Morgan fingerprint density at radius 2 is 2.00 bits per heavy atom. The molecule has 0 saturated heterocycles. The highest BCUT2D eigenvalue weighted by atomic mass is 35.5. The number of carbonyl (C=O) groups excluding carboxylic acids is 1. The lowest BCUT2D eigenvalue weighted by molar-refractivity contribution is -0.385. The molecule has 1 amide bonds. The number of carbonyl (C=O) groups is 1. The number of nitrogens with one attached hydrogen (secondary N) is 1. The molecule has 0 aromatic heterocycles. The molecule has 8 heteroatoms. The molecule has 25 heavy (non-hydrogen) atoms. The van der Waals surface area contributed by atoms with Gasteiger partial charge < -0.3 is 10.1 Å². The van der Waals surface area contributed by atoms with Crippen molar-refractivity contribution >= 4 is 35.0 Å². The van der Waals surface area contributed by atoms with Gasteiger partial charge in [0.1, 0.15) is 5.75 Å². The van der Waals surface area contributed by atoms with Crippen LogP contribution < -0.4 is 10.1 Å². The van der Waals surface area contributed by atoms with Crippen molar-refractivity contribution in [3.8, 4) is 5.75 Å². The minimum Gasteiger partial charge on any atom is -0.484 e. The van der Waals surface area contributed by atoms with Crippen molar-refractivity contribution in [3.63, 3.8) is 0 Å². The maximum Gasteiger partial charge on any atom is 0.272 e. The molecule has 0 radical (unpaired) electrons. The van der Waals surface area contributed by atoms with E-state index in [1.165, 1.54) is 12.1 Å². The number of nitro groups is 1. The smallest absolute Gasteiger partial charge is 0.272 e. The molecule has 0 unspecified atom stereocenters. The van der Waals surface area contributed by atoms with Gasteiger partial charge in [0, 0.05) is 33.8 Å². The van der Waals surface area contributed by atoms with Gasteiger partial charge in [0.2, 0.25) is 0 Å². The minimum absolute atomic E-state index is 0.0241. The fraction of sp³-hybridized carbons (Fsp3) is 0.235. The fourth-order valence-corrected chi connectivity index (χ4v) is 2.91. The van der Waals surface area contributed by atoms with Crippen molar-refractivity contribution in [1.29, 1.82) is 0 Å². The monoisotopic (exact) mass is 380 g/mol. The van der Waals surface area contributed by atoms with Gasteiger partial charge in [-0.1, -0.05) is 11.6 Å². The third-order valence-electron chi connectivity index (χ3n) is 3.24. The van der Waals surface area contributed by atoms with E-state index >= 15 is 0 Å². The number of thioether (sulfide) groups is 1. The van der Waals surface area contributed by atoms with E-state index in [1.807, 2.05) is 24.3 Å². The Morgan fingerprint density at radius 1 is 1.28 bits per heavy atom. The van der Waals surface area contributed by atoms with E-state index in [0.717, 1.165) is 10.6 Å². The van der Waals surface area contributed by atoms with Crippen LogP contribution >= 0.6 is 23.4 Å². The lowest BCUT2D eigenvalue weighted by Gasteiger charge is -2.08. The van der Waals surface area contributed by atoms with Gasteiger partial charge in [-0.05, 0) is 43.3 Å². The quantitative estimate of drug-likeness (QED) is 0.325. The average Bonchev–Trinajstić information content (AvgIpc) is 2.58. The van der Waals surface area contributed by atoms with E-state index in [-0.39, 0.29) is 18.2 Å². The van der Waals surface area contributed by atoms with Crippen molar-refractivity contribution in [3.05, 3.63) is 63.2 Å². The van der Waals surface area contributed by atoms with Gasteiger partial charge in [0.15, 0.2) is 6.61 Å². The Bertz CT molecular complexity index is 753. The van der Waals surface area contributed by atoms with Crippen LogP contribution in [0.2, 0.25) is 5.02 Å². The van der Waals surface area contributed by atoms with Crippen LogP contribution in [0.15, 0.2) is 47.4 Å². The second-order valence-corrected chi connectivity index (χ2v) is 6.75. The number of amides is 1. The van der Waals surface area contributed by atoms with Crippen LogP contribution in [0.4, 0.5) is 5.69 Å². The molecular formula is C17H17ClN2O4S. The van der Waals surface area contributed by atoms with E-state index in [9.17, 15) is 14.9 Å². The number of hydrogen-bond acceptors (Lipinski definition) is 5. The number of benzene rings is 2. The van der Waals surface area contributed by atoms with Gasteiger partial charge in [-0.25, -0.2) is 0 Å². The predicted molar refractivity (Wildman–Crippen MR) is 98.5 cm³/mol. The maximum absolute atomic E-state index is 11.8. The number of rotatable bonds is 8. The number of halogens is 1. The van der Waals surface area contributed by atoms with Crippen molar-refractivity contribution in [2.75, 3.05) is 18.9 Å². The summed E-state index contributed by atoms with van der Waals surface area (Å²) in [5.41, 5.74) is 0.512. The molecule has 0 saturated carbocycles. The molecular weight excluding hydrogens is 364 g/mol. The number of aryl methyl sites for hydroxylation is 1. The van der Waals surface area contributed by atoms with Gasteiger partial charge in [0.05, 0.1) is 4.92 Å². The first-order chi connectivity index (χ1) is 12.0. The molecule has 0 heterocycles. The molecule has 1 N–H and O–H groups in total. The normalized spacial score (nSPS) is 10.3. The molecule has 2 rings (SSSR count). The predicted octanol–water partition coefficient (Wildman–Crippen LogP) is 3.84. The van der Waals surface area contributed by atoms with E-state index < -0.39 is 4.92 Å². The molecule has 132 valence electrons. The Hall–Kier alpha value is -2.25. The first-order valence-electron chi connectivity index (χ1n) is 7.48. The highest BCUT2D eigenvalue weighted by Gasteiger charge is 2.11. The lowest BCUT2D eigenvalue weighted by atomic mass is 10.2. The summed E-state index contributed by atoms with van der Waals surface area (Å²) in [5.74, 6) is 0.908. The first-order valence-corrected chi connectivity index (χ1v) is 8.85.